The Bertz CT molecular complexity index is 284. The summed E-state index contributed by atoms with van der Waals surface area (Å²) in [5.74, 6) is 0.634. The summed E-state index contributed by atoms with van der Waals surface area (Å²) in [6.45, 7) is 1.20. The lowest BCUT2D eigenvalue weighted by molar-refractivity contribution is -0.384. The summed E-state index contributed by atoms with van der Waals surface area (Å²) in [6.07, 6.45) is 0. The van der Waals surface area contributed by atoms with E-state index in [1.165, 1.54) is 12.1 Å². The second kappa shape index (κ2) is 4.42. The first kappa shape index (κ1) is 9.47. The van der Waals surface area contributed by atoms with E-state index in [-0.39, 0.29) is 5.69 Å². The van der Waals surface area contributed by atoms with Crippen LogP contribution in [-0.2, 0) is 0 Å². The van der Waals surface area contributed by atoms with Gasteiger partial charge in [0.2, 0.25) is 0 Å². The molecule has 0 fully saturated rings. The third-order valence-electron chi connectivity index (χ3n) is 1.46. The molecule has 0 unspecified atom stereocenters. The van der Waals surface area contributed by atoms with Crippen LogP contribution in [0.15, 0.2) is 24.3 Å². The Morgan fingerprint density at radius 3 is 2.46 bits per heavy atom. The van der Waals surface area contributed by atoms with Crippen molar-refractivity contribution in [3.63, 3.8) is 0 Å². The Kier molecular flexibility index (Phi) is 3.22. The summed E-state index contributed by atoms with van der Waals surface area (Å²) in [4.78, 5) is 9.84. The van der Waals surface area contributed by atoms with E-state index in [1.54, 1.807) is 12.1 Å². The minimum Gasteiger partial charge on any atom is -0.488 e. The molecule has 1 aromatic rings. The van der Waals surface area contributed by atoms with E-state index < -0.39 is 4.92 Å². The smallest absolute Gasteiger partial charge is 0.269 e. The van der Waals surface area contributed by atoms with Crippen molar-refractivity contribution in [2.24, 2.45) is 0 Å². The van der Waals surface area contributed by atoms with Crippen molar-refractivity contribution in [2.75, 3.05) is 13.2 Å². The number of rotatable bonds is 4. The standard InChI is InChI=1S/C8H10N2O3/c9-5-6-13-8-3-1-7(2-4-8)10(11)12/h1-4H,5-6,9H2/p+1. The lowest BCUT2D eigenvalue weighted by atomic mass is 10.3. The number of nitrogens with zero attached hydrogens (tertiary/aromatic N) is 1. The molecule has 13 heavy (non-hydrogen) atoms. The summed E-state index contributed by atoms with van der Waals surface area (Å²) in [5.41, 5.74) is 3.68. The van der Waals surface area contributed by atoms with E-state index in [0.717, 1.165) is 0 Å². The van der Waals surface area contributed by atoms with Crippen molar-refractivity contribution in [2.45, 2.75) is 0 Å². The molecule has 0 aliphatic heterocycles. The van der Waals surface area contributed by atoms with Gasteiger partial charge in [0, 0.05) is 12.1 Å². The fourth-order valence-corrected chi connectivity index (χ4v) is 0.854. The van der Waals surface area contributed by atoms with Gasteiger partial charge in [-0.3, -0.25) is 10.1 Å². The minimum atomic E-state index is -0.439. The van der Waals surface area contributed by atoms with Crippen molar-refractivity contribution < 1.29 is 15.4 Å². The second-order valence-corrected chi connectivity index (χ2v) is 2.45. The molecule has 0 aromatic heterocycles. The predicted molar refractivity (Wildman–Crippen MR) is 46.3 cm³/mol. The van der Waals surface area contributed by atoms with Gasteiger partial charge in [0.1, 0.15) is 18.9 Å². The lowest BCUT2D eigenvalue weighted by Gasteiger charge is -2.01. The molecule has 1 aromatic carbocycles. The molecule has 1 rings (SSSR count). The Morgan fingerprint density at radius 2 is 2.00 bits per heavy atom. The zero-order valence-electron chi connectivity index (χ0n) is 7.10. The number of hydrogen-bond acceptors (Lipinski definition) is 3. The molecule has 0 atom stereocenters. The first-order valence-corrected chi connectivity index (χ1v) is 3.90. The van der Waals surface area contributed by atoms with E-state index in [0.29, 0.717) is 18.9 Å². The van der Waals surface area contributed by atoms with Gasteiger partial charge in [-0.2, -0.15) is 0 Å². The van der Waals surface area contributed by atoms with Crippen LogP contribution in [0.5, 0.6) is 5.75 Å². The molecule has 0 aliphatic carbocycles. The molecular formula is C8H11N2O3+. The highest BCUT2D eigenvalue weighted by Crippen LogP contribution is 2.16. The summed E-state index contributed by atoms with van der Waals surface area (Å²) >= 11 is 0. The highest BCUT2D eigenvalue weighted by Gasteiger charge is 2.03. The average molecular weight is 183 g/mol. The molecule has 5 nitrogen and oxygen atoms in total. The van der Waals surface area contributed by atoms with Gasteiger partial charge in [-0.05, 0) is 12.1 Å². The van der Waals surface area contributed by atoms with Gasteiger partial charge in [0.15, 0.2) is 0 Å². The fourth-order valence-electron chi connectivity index (χ4n) is 0.854. The Balaban J connectivity index is 2.64. The largest absolute Gasteiger partial charge is 0.488 e. The van der Waals surface area contributed by atoms with Gasteiger partial charge in [-0.1, -0.05) is 0 Å². The van der Waals surface area contributed by atoms with Crippen LogP contribution < -0.4 is 10.5 Å². The summed E-state index contributed by atoms with van der Waals surface area (Å²) in [7, 11) is 0. The van der Waals surface area contributed by atoms with Crippen molar-refractivity contribution in [1.29, 1.82) is 0 Å². The molecule has 0 saturated carbocycles. The molecule has 3 N–H and O–H groups in total. The van der Waals surface area contributed by atoms with E-state index in [9.17, 15) is 10.1 Å². The zero-order chi connectivity index (χ0) is 9.68. The third-order valence-corrected chi connectivity index (χ3v) is 1.46. The molecular weight excluding hydrogens is 172 g/mol. The van der Waals surface area contributed by atoms with Crippen LogP contribution in [-0.4, -0.2) is 18.1 Å². The maximum Gasteiger partial charge on any atom is 0.269 e. The molecule has 5 heteroatoms. The maximum absolute atomic E-state index is 10.3. The Labute approximate surface area is 75.3 Å². The molecule has 0 aliphatic rings. The fraction of sp³-hybridized carbons (Fsp3) is 0.250. The van der Waals surface area contributed by atoms with Crippen molar-refractivity contribution in [1.82, 2.24) is 0 Å². The first-order chi connectivity index (χ1) is 6.24. The molecule has 0 bridgehead atoms. The van der Waals surface area contributed by atoms with E-state index in [4.69, 9.17) is 4.74 Å². The van der Waals surface area contributed by atoms with Crippen molar-refractivity contribution >= 4 is 5.69 Å². The number of quaternary nitrogens is 1. The van der Waals surface area contributed by atoms with Gasteiger partial charge in [0.05, 0.1) is 4.92 Å². The molecule has 0 saturated heterocycles. The molecule has 0 spiro atoms. The van der Waals surface area contributed by atoms with Crippen molar-refractivity contribution in [3.8, 4) is 5.75 Å². The summed E-state index contributed by atoms with van der Waals surface area (Å²) in [6, 6.07) is 5.98. The van der Waals surface area contributed by atoms with Crippen LogP contribution in [0.25, 0.3) is 0 Å². The third kappa shape index (κ3) is 2.72. The monoisotopic (exact) mass is 183 g/mol. The van der Waals surface area contributed by atoms with E-state index in [2.05, 4.69) is 5.73 Å². The van der Waals surface area contributed by atoms with Crippen LogP contribution in [0.1, 0.15) is 0 Å². The van der Waals surface area contributed by atoms with Gasteiger partial charge in [-0.25, -0.2) is 0 Å². The van der Waals surface area contributed by atoms with Gasteiger partial charge < -0.3 is 10.5 Å². The van der Waals surface area contributed by atoms with Crippen LogP contribution in [0.4, 0.5) is 5.69 Å². The molecule has 70 valence electrons. The lowest BCUT2D eigenvalue weighted by Crippen LogP contribution is -2.52. The number of ether oxygens (including phenoxy) is 1. The number of non-ortho nitro benzene ring substituents is 1. The minimum absolute atomic E-state index is 0.0713. The summed E-state index contributed by atoms with van der Waals surface area (Å²) in [5, 5.41) is 10.3. The van der Waals surface area contributed by atoms with Gasteiger partial charge in [-0.15, -0.1) is 0 Å². The average Bonchev–Trinajstić information content (AvgIpc) is 2.15. The number of nitro groups is 1. The van der Waals surface area contributed by atoms with E-state index >= 15 is 0 Å². The number of hydrogen-bond donors (Lipinski definition) is 1. The molecule has 0 heterocycles. The van der Waals surface area contributed by atoms with E-state index in [1.807, 2.05) is 0 Å². The van der Waals surface area contributed by atoms with Crippen LogP contribution >= 0.6 is 0 Å². The van der Waals surface area contributed by atoms with Crippen molar-refractivity contribution in [3.05, 3.63) is 34.4 Å². The Hall–Kier alpha value is -1.62. The highest BCUT2D eigenvalue weighted by atomic mass is 16.6. The zero-order valence-corrected chi connectivity index (χ0v) is 7.10. The van der Waals surface area contributed by atoms with Gasteiger partial charge in [0.25, 0.3) is 5.69 Å². The molecule has 0 radical (unpaired) electrons. The van der Waals surface area contributed by atoms with Crippen LogP contribution in [0.2, 0.25) is 0 Å². The van der Waals surface area contributed by atoms with Crippen LogP contribution in [0, 0.1) is 10.1 Å². The quantitative estimate of drug-likeness (QED) is 0.535. The predicted octanol–water partition coefficient (Wildman–Crippen LogP) is 0.216. The van der Waals surface area contributed by atoms with Gasteiger partial charge >= 0.3 is 0 Å². The normalized spacial score (nSPS) is 9.62. The maximum atomic E-state index is 10.3. The number of nitro benzene ring substituents is 1. The summed E-state index contributed by atoms with van der Waals surface area (Å²) < 4.78 is 5.20. The molecule has 0 amide bonds. The topological polar surface area (TPSA) is 80.0 Å². The SMILES string of the molecule is [NH3+]CCOc1ccc([N+](=O)[O-])cc1. The Morgan fingerprint density at radius 1 is 1.38 bits per heavy atom. The number of benzene rings is 1. The highest BCUT2D eigenvalue weighted by molar-refractivity contribution is 5.35. The second-order valence-electron chi connectivity index (χ2n) is 2.45. The first-order valence-electron chi connectivity index (χ1n) is 3.90. The van der Waals surface area contributed by atoms with Crippen LogP contribution in [0.3, 0.4) is 0 Å².